The van der Waals surface area contributed by atoms with Crippen LogP contribution in [0.25, 0.3) is 0 Å². The van der Waals surface area contributed by atoms with Gasteiger partial charge in [0, 0.05) is 6.08 Å². The Morgan fingerprint density at radius 2 is 1.89 bits per heavy atom. The fraction of sp³-hybridized carbons (Fsp3) is 0.125. The number of nitrogens with zero attached hydrogens (tertiary/aromatic N) is 1. The fourth-order valence-electron chi connectivity index (χ4n) is 0.413. The molecule has 0 spiro atoms. The van der Waals surface area contributed by atoms with Gasteiger partial charge in [0.1, 0.15) is 7.05 Å². The topological polar surface area (TPSA) is 3.01 Å². The normalized spacial score (nSPS) is 11.9. The van der Waals surface area contributed by atoms with E-state index in [2.05, 4.69) is 13.2 Å². The molecule has 0 radical (unpaired) electrons. The second kappa shape index (κ2) is 5.04. The fourth-order valence-corrected chi connectivity index (χ4v) is 0.413. The summed E-state index contributed by atoms with van der Waals surface area (Å²) in [6, 6.07) is 0. The number of hydrogen-bond donors (Lipinski definition) is 0. The Morgan fingerprint density at radius 1 is 1.22 bits per heavy atom. The van der Waals surface area contributed by atoms with E-state index in [1.54, 1.807) is 12.2 Å². The molecule has 0 amide bonds. The second-order valence-corrected chi connectivity index (χ2v) is 1.63. The third kappa shape index (κ3) is 4.75. The molecule has 9 heavy (non-hydrogen) atoms. The number of hydrogen-bond acceptors (Lipinski definition) is 0. The second-order valence-electron chi connectivity index (χ2n) is 1.63. The lowest BCUT2D eigenvalue weighted by molar-refractivity contribution is -0.415. The summed E-state index contributed by atoms with van der Waals surface area (Å²) in [5.41, 5.74) is 0. The maximum Gasteiger partial charge on any atom is 0.168 e. The quantitative estimate of drug-likeness (QED) is 0.304. The van der Waals surface area contributed by atoms with Gasteiger partial charge >= 0.3 is 0 Å². The van der Waals surface area contributed by atoms with E-state index in [0.29, 0.717) is 0 Å². The molecule has 0 atom stereocenters. The molecule has 0 rings (SSSR count). The third-order valence-corrected chi connectivity index (χ3v) is 0.798. The van der Waals surface area contributed by atoms with Gasteiger partial charge in [0.15, 0.2) is 12.4 Å². The van der Waals surface area contributed by atoms with Crippen LogP contribution in [0.5, 0.6) is 0 Å². The van der Waals surface area contributed by atoms with Crippen LogP contribution >= 0.6 is 0 Å². The van der Waals surface area contributed by atoms with Gasteiger partial charge < -0.3 is 0 Å². The van der Waals surface area contributed by atoms with Crippen LogP contribution in [-0.4, -0.2) is 17.8 Å². The average Bonchev–Trinajstić information content (AvgIpc) is 1.85. The van der Waals surface area contributed by atoms with Crippen LogP contribution < -0.4 is 0 Å². The van der Waals surface area contributed by atoms with Crippen LogP contribution in [0.2, 0.25) is 0 Å². The lowest BCUT2D eigenvalue weighted by Crippen LogP contribution is -1.93. The molecule has 0 aliphatic rings. The Balaban J connectivity index is 3.88. The number of rotatable bonds is 3. The first kappa shape index (κ1) is 7.89. The highest BCUT2D eigenvalue weighted by Crippen LogP contribution is 1.72. The molecule has 0 aliphatic heterocycles. The molecule has 0 aromatic carbocycles. The molecule has 0 heterocycles. The third-order valence-electron chi connectivity index (χ3n) is 0.798. The Hall–Kier alpha value is -1.11. The van der Waals surface area contributed by atoms with Crippen LogP contribution in [0.4, 0.5) is 0 Å². The van der Waals surface area contributed by atoms with Crippen molar-refractivity contribution in [1.29, 1.82) is 0 Å². The average molecular weight is 122 g/mol. The standard InChI is InChI=1S/C8H12N/c1-4-6-8-9(3)7-5-2/h4-8H,1-2H2,3H3/q+1/b8-6-,9-7?. The minimum Gasteiger partial charge on any atom is -0.208 e. The SMILES string of the molecule is C=CC=[N+](C)/C=C\C=C. The van der Waals surface area contributed by atoms with Gasteiger partial charge in [0.2, 0.25) is 0 Å². The predicted molar refractivity (Wildman–Crippen MR) is 41.8 cm³/mol. The highest BCUT2D eigenvalue weighted by Gasteiger charge is 1.78. The van der Waals surface area contributed by atoms with Crippen LogP contribution in [0.3, 0.4) is 0 Å². The zero-order chi connectivity index (χ0) is 7.11. The molecule has 0 saturated heterocycles. The molecule has 0 unspecified atom stereocenters. The minimum atomic E-state index is 1.73. The zero-order valence-corrected chi connectivity index (χ0v) is 5.75. The maximum atomic E-state index is 3.55. The smallest absolute Gasteiger partial charge is 0.168 e. The van der Waals surface area contributed by atoms with Gasteiger partial charge in [-0.05, 0) is 6.08 Å². The Morgan fingerprint density at radius 3 is 2.33 bits per heavy atom. The summed E-state index contributed by atoms with van der Waals surface area (Å²) in [4.78, 5) is 0. The molecule has 0 aromatic rings. The van der Waals surface area contributed by atoms with Gasteiger partial charge in [0.25, 0.3) is 0 Å². The monoisotopic (exact) mass is 122 g/mol. The van der Waals surface area contributed by atoms with Crippen LogP contribution in [-0.2, 0) is 0 Å². The lowest BCUT2D eigenvalue weighted by atomic mass is 10.6. The first-order valence-electron chi connectivity index (χ1n) is 2.78. The van der Waals surface area contributed by atoms with E-state index in [4.69, 9.17) is 0 Å². The van der Waals surface area contributed by atoms with E-state index in [0.717, 1.165) is 0 Å². The van der Waals surface area contributed by atoms with Crippen molar-refractivity contribution in [1.82, 2.24) is 0 Å². The van der Waals surface area contributed by atoms with Crippen molar-refractivity contribution in [2.24, 2.45) is 0 Å². The van der Waals surface area contributed by atoms with Gasteiger partial charge in [-0.15, -0.1) is 0 Å². The van der Waals surface area contributed by atoms with E-state index in [1.165, 1.54) is 0 Å². The molecular weight excluding hydrogens is 110 g/mol. The molecule has 0 fully saturated rings. The molecule has 0 N–H and O–H groups in total. The highest BCUT2D eigenvalue weighted by atomic mass is 14.9. The van der Waals surface area contributed by atoms with Gasteiger partial charge in [-0.1, -0.05) is 19.2 Å². The lowest BCUT2D eigenvalue weighted by Gasteiger charge is -1.79. The molecule has 48 valence electrons. The molecule has 1 heteroatoms. The van der Waals surface area contributed by atoms with E-state index < -0.39 is 0 Å². The van der Waals surface area contributed by atoms with Crippen LogP contribution in [0, 0.1) is 0 Å². The summed E-state index contributed by atoms with van der Waals surface area (Å²) in [6.45, 7) is 7.09. The van der Waals surface area contributed by atoms with E-state index in [9.17, 15) is 0 Å². The summed E-state index contributed by atoms with van der Waals surface area (Å²) in [6.07, 6.45) is 9.08. The molecule has 0 bridgehead atoms. The molecule has 0 saturated carbocycles. The summed E-state index contributed by atoms with van der Waals surface area (Å²) < 4.78 is 1.90. The minimum absolute atomic E-state index is 1.73. The van der Waals surface area contributed by atoms with Crippen molar-refractivity contribution in [3.63, 3.8) is 0 Å². The highest BCUT2D eigenvalue weighted by molar-refractivity contribution is 5.65. The number of allylic oxidation sites excluding steroid dienone is 3. The first-order chi connectivity index (χ1) is 4.31. The molecular formula is C8H12N+. The van der Waals surface area contributed by atoms with Crippen molar-refractivity contribution in [3.05, 3.63) is 37.6 Å². The van der Waals surface area contributed by atoms with Gasteiger partial charge in [-0.3, -0.25) is 0 Å². The van der Waals surface area contributed by atoms with Crippen molar-refractivity contribution in [3.8, 4) is 0 Å². The molecule has 0 aliphatic carbocycles. The van der Waals surface area contributed by atoms with Crippen molar-refractivity contribution >= 4 is 6.21 Å². The van der Waals surface area contributed by atoms with E-state index in [1.807, 2.05) is 30.1 Å². The summed E-state index contributed by atoms with van der Waals surface area (Å²) >= 11 is 0. The Bertz CT molecular complexity index is 152. The summed E-state index contributed by atoms with van der Waals surface area (Å²) in [7, 11) is 1.93. The van der Waals surface area contributed by atoms with Gasteiger partial charge in [-0.2, -0.15) is 0 Å². The van der Waals surface area contributed by atoms with Crippen LogP contribution in [0.1, 0.15) is 0 Å². The van der Waals surface area contributed by atoms with Gasteiger partial charge in [-0.25, -0.2) is 4.58 Å². The molecule has 0 aromatic heterocycles. The Kier molecular flexibility index (Phi) is 4.41. The van der Waals surface area contributed by atoms with E-state index >= 15 is 0 Å². The predicted octanol–water partition coefficient (Wildman–Crippen LogP) is 1.59. The van der Waals surface area contributed by atoms with E-state index in [-0.39, 0.29) is 0 Å². The largest absolute Gasteiger partial charge is 0.208 e. The summed E-state index contributed by atoms with van der Waals surface area (Å²) in [5, 5.41) is 0. The maximum absolute atomic E-state index is 3.55. The van der Waals surface area contributed by atoms with Crippen molar-refractivity contribution < 1.29 is 4.58 Å². The van der Waals surface area contributed by atoms with Gasteiger partial charge in [0.05, 0.1) is 0 Å². The van der Waals surface area contributed by atoms with Crippen molar-refractivity contribution in [2.45, 2.75) is 0 Å². The summed E-state index contributed by atoms with van der Waals surface area (Å²) in [5.74, 6) is 0. The van der Waals surface area contributed by atoms with Crippen molar-refractivity contribution in [2.75, 3.05) is 7.05 Å². The Labute approximate surface area is 56.3 Å². The molecule has 1 nitrogen and oxygen atoms in total. The first-order valence-corrected chi connectivity index (χ1v) is 2.78. The van der Waals surface area contributed by atoms with Crippen LogP contribution in [0.15, 0.2) is 37.6 Å². The zero-order valence-electron chi connectivity index (χ0n) is 5.75.